The number of nitrogens with zero attached hydrogens (tertiary/aromatic N) is 6. The number of hydrogen-bond donors (Lipinski definition) is 1. The van der Waals surface area contributed by atoms with Crippen molar-refractivity contribution in [3.8, 4) is 11.5 Å². The first-order valence-electron chi connectivity index (χ1n) is 14.9. The zero-order valence-corrected chi connectivity index (χ0v) is 24.5. The van der Waals surface area contributed by atoms with Gasteiger partial charge >= 0.3 is 0 Å². The van der Waals surface area contributed by atoms with E-state index in [2.05, 4.69) is 24.0 Å². The Morgan fingerprint density at radius 3 is 2.60 bits per heavy atom. The van der Waals surface area contributed by atoms with Gasteiger partial charge in [0.05, 0.1) is 23.5 Å². The average molecular weight is 551 g/mol. The quantitative estimate of drug-likeness (QED) is 0.577. The molecule has 10 heteroatoms. The predicted octanol–water partition coefficient (Wildman–Crippen LogP) is 3.43. The van der Waals surface area contributed by atoms with Crippen LogP contribution in [-0.4, -0.2) is 81.7 Å². The van der Waals surface area contributed by atoms with Gasteiger partial charge in [-0.25, -0.2) is 9.97 Å². The van der Waals surface area contributed by atoms with Crippen molar-refractivity contribution in [1.82, 2.24) is 20.0 Å². The number of amides is 1. The summed E-state index contributed by atoms with van der Waals surface area (Å²) in [7, 11) is 4.01. The Labute approximate surface area is 236 Å². The number of likely N-dealkylation sites (N-methyl/N-ethyl adjacent to an activating group) is 2. The summed E-state index contributed by atoms with van der Waals surface area (Å²) in [5.41, 5.74) is 0.729. The molecule has 0 bridgehead atoms. The largest absolute Gasteiger partial charge is 0.389 e. The van der Waals surface area contributed by atoms with E-state index >= 15 is 0 Å². The van der Waals surface area contributed by atoms with E-state index in [1.165, 1.54) is 0 Å². The second-order valence-electron chi connectivity index (χ2n) is 13.1. The lowest BCUT2D eigenvalue weighted by atomic mass is 9.64. The fraction of sp³-hybridized carbons (Fsp3) is 0.700. The van der Waals surface area contributed by atoms with Crippen LogP contribution in [0.1, 0.15) is 89.0 Å². The molecule has 1 spiro atoms. The van der Waals surface area contributed by atoms with Crippen LogP contribution in [0.25, 0.3) is 11.5 Å². The molecule has 2 aliphatic carbocycles. The van der Waals surface area contributed by atoms with Crippen molar-refractivity contribution < 1.29 is 19.2 Å². The Kier molecular flexibility index (Phi) is 6.77. The van der Waals surface area contributed by atoms with Crippen molar-refractivity contribution in [2.75, 3.05) is 37.0 Å². The maximum absolute atomic E-state index is 13.6. The van der Waals surface area contributed by atoms with Crippen molar-refractivity contribution in [3.63, 3.8) is 0 Å². The number of aromatic nitrogens is 3. The highest BCUT2D eigenvalue weighted by molar-refractivity contribution is 6.02. The molecule has 2 aromatic heterocycles. The van der Waals surface area contributed by atoms with Gasteiger partial charge < -0.3 is 19.4 Å². The Bertz CT molecular complexity index is 1330. The van der Waals surface area contributed by atoms with Crippen LogP contribution in [-0.2, 0) is 27.8 Å². The molecule has 10 nitrogen and oxygen atoms in total. The van der Waals surface area contributed by atoms with Crippen LogP contribution in [0.15, 0.2) is 4.52 Å². The second kappa shape index (κ2) is 9.91. The number of ketones is 1. The van der Waals surface area contributed by atoms with E-state index in [9.17, 15) is 14.7 Å². The monoisotopic (exact) mass is 550 g/mol. The van der Waals surface area contributed by atoms with Crippen LogP contribution in [0.2, 0.25) is 0 Å². The molecule has 0 unspecified atom stereocenters. The van der Waals surface area contributed by atoms with Gasteiger partial charge in [0, 0.05) is 37.2 Å². The molecular weight excluding hydrogens is 508 g/mol. The molecule has 3 atom stereocenters. The Balaban J connectivity index is 1.48. The summed E-state index contributed by atoms with van der Waals surface area (Å²) in [5.74, 6) is 2.63. The summed E-state index contributed by atoms with van der Waals surface area (Å²) in [6, 6.07) is 0.202. The van der Waals surface area contributed by atoms with Crippen molar-refractivity contribution in [1.29, 1.82) is 0 Å². The van der Waals surface area contributed by atoms with Crippen molar-refractivity contribution >= 4 is 23.3 Å². The molecule has 1 saturated heterocycles. The number of hydrogen-bond acceptors (Lipinski definition) is 9. The number of carbonyl (C=O) groups is 2. The van der Waals surface area contributed by atoms with Gasteiger partial charge in [0.2, 0.25) is 5.91 Å². The van der Waals surface area contributed by atoms with Gasteiger partial charge in [0.1, 0.15) is 17.4 Å². The number of fused-ring (bicyclic) bond motifs is 3. The first-order valence-corrected chi connectivity index (χ1v) is 14.9. The Morgan fingerprint density at radius 1 is 1.12 bits per heavy atom. The standard InChI is InChI=1S/C30H42N6O4/c1-18(21-11-9-15-34(21)4)36-23(38)16-20-27(35(5)17-29(2,3)39)31-26(32-28(20)36)24-19-10-8-14-30(25(19)40-33-24)13-7-6-12-22(30)37/h18,21,39H,6-17H2,1-5H3/t18-,21-,30+/m0/s1. The number of aliphatic hydroxyl groups is 1. The minimum Gasteiger partial charge on any atom is -0.389 e. The molecule has 1 amide bonds. The topological polar surface area (TPSA) is 116 Å². The molecule has 2 aromatic rings. The van der Waals surface area contributed by atoms with Gasteiger partial charge in [0.15, 0.2) is 17.3 Å². The third kappa shape index (κ3) is 4.43. The number of carbonyl (C=O) groups excluding carboxylic acids is 2. The number of likely N-dealkylation sites (tertiary alicyclic amines) is 1. The molecule has 1 saturated carbocycles. The molecule has 4 aliphatic rings. The Morgan fingerprint density at radius 2 is 1.90 bits per heavy atom. The van der Waals surface area contributed by atoms with Crippen LogP contribution in [0.4, 0.5) is 11.6 Å². The molecule has 6 rings (SSSR count). The first kappa shape index (κ1) is 27.3. The molecule has 2 aliphatic heterocycles. The van der Waals surface area contributed by atoms with E-state index in [-0.39, 0.29) is 30.2 Å². The van der Waals surface area contributed by atoms with E-state index in [4.69, 9.17) is 14.5 Å². The fourth-order valence-electron chi connectivity index (χ4n) is 7.76. The molecule has 216 valence electrons. The maximum atomic E-state index is 13.6. The second-order valence-corrected chi connectivity index (χ2v) is 13.1. The molecule has 0 aromatic carbocycles. The summed E-state index contributed by atoms with van der Waals surface area (Å²) in [6.07, 6.45) is 8.13. The number of rotatable bonds is 6. The number of Topliss-reactive ketones (excluding diaryl/α,β-unsaturated/α-hetero) is 1. The van der Waals surface area contributed by atoms with E-state index in [1.54, 1.807) is 13.8 Å². The summed E-state index contributed by atoms with van der Waals surface area (Å²) in [6.45, 7) is 6.98. The highest BCUT2D eigenvalue weighted by Crippen LogP contribution is 2.48. The molecule has 4 heterocycles. The fourth-order valence-corrected chi connectivity index (χ4v) is 7.76. The molecule has 2 fully saturated rings. The van der Waals surface area contributed by atoms with E-state index in [1.807, 2.05) is 16.8 Å². The van der Waals surface area contributed by atoms with Crippen LogP contribution >= 0.6 is 0 Å². The minimum absolute atomic E-state index is 0.0149. The maximum Gasteiger partial charge on any atom is 0.233 e. The van der Waals surface area contributed by atoms with Crippen LogP contribution in [0.3, 0.4) is 0 Å². The van der Waals surface area contributed by atoms with Crippen LogP contribution < -0.4 is 9.80 Å². The van der Waals surface area contributed by atoms with E-state index < -0.39 is 11.0 Å². The third-order valence-corrected chi connectivity index (χ3v) is 9.57. The first-order chi connectivity index (χ1) is 19.0. The summed E-state index contributed by atoms with van der Waals surface area (Å²) < 4.78 is 6.00. The average Bonchev–Trinajstić information content (AvgIpc) is 3.60. The van der Waals surface area contributed by atoms with Crippen molar-refractivity contribution in [3.05, 3.63) is 16.9 Å². The van der Waals surface area contributed by atoms with Crippen LogP contribution in [0, 0.1) is 0 Å². The Hall–Kier alpha value is -2.85. The highest BCUT2D eigenvalue weighted by atomic mass is 16.5. The summed E-state index contributed by atoms with van der Waals surface area (Å²) in [4.78, 5) is 42.9. The van der Waals surface area contributed by atoms with Gasteiger partial charge in [-0.15, -0.1) is 0 Å². The third-order valence-electron chi connectivity index (χ3n) is 9.57. The van der Waals surface area contributed by atoms with E-state index in [0.717, 1.165) is 69.0 Å². The summed E-state index contributed by atoms with van der Waals surface area (Å²) >= 11 is 0. The van der Waals surface area contributed by atoms with E-state index in [0.29, 0.717) is 41.9 Å². The minimum atomic E-state index is -0.963. The van der Waals surface area contributed by atoms with Crippen molar-refractivity contribution in [2.24, 2.45) is 0 Å². The SMILES string of the molecule is C[C@@H]([C@@H]1CCCN1C)N1C(=O)Cc2c(N(C)CC(C)(C)O)nc(-c3noc4c3CCC[C@@]43CCCCC3=O)nc21. The van der Waals surface area contributed by atoms with Gasteiger partial charge in [-0.2, -0.15) is 0 Å². The smallest absolute Gasteiger partial charge is 0.233 e. The van der Waals surface area contributed by atoms with Gasteiger partial charge in [-0.1, -0.05) is 11.6 Å². The van der Waals surface area contributed by atoms with Gasteiger partial charge in [0.25, 0.3) is 0 Å². The molecule has 1 N–H and O–H groups in total. The lowest BCUT2D eigenvalue weighted by Crippen LogP contribution is -2.48. The summed E-state index contributed by atoms with van der Waals surface area (Å²) in [5, 5.41) is 15.1. The zero-order valence-electron chi connectivity index (χ0n) is 24.5. The molecule has 0 radical (unpaired) electrons. The predicted molar refractivity (Wildman–Crippen MR) is 151 cm³/mol. The molecule has 40 heavy (non-hydrogen) atoms. The normalized spacial score (nSPS) is 25.9. The lowest BCUT2D eigenvalue weighted by Gasteiger charge is -2.36. The number of anilines is 2. The van der Waals surface area contributed by atoms with Gasteiger partial charge in [-0.3, -0.25) is 14.5 Å². The lowest BCUT2D eigenvalue weighted by molar-refractivity contribution is -0.128. The van der Waals surface area contributed by atoms with Crippen LogP contribution in [0.5, 0.6) is 0 Å². The zero-order chi connectivity index (χ0) is 28.4. The molecular formula is C30H42N6O4. The van der Waals surface area contributed by atoms with Crippen molar-refractivity contribution in [2.45, 2.75) is 108 Å². The van der Waals surface area contributed by atoms with Gasteiger partial charge in [-0.05, 0) is 79.3 Å². The highest BCUT2D eigenvalue weighted by Gasteiger charge is 2.49.